The van der Waals surface area contributed by atoms with Crippen LogP contribution in [0, 0.1) is 25.7 Å². The lowest BCUT2D eigenvalue weighted by atomic mass is 9.68. The Morgan fingerprint density at radius 1 is 0.792 bits per heavy atom. The van der Waals surface area contributed by atoms with Gasteiger partial charge in [0.2, 0.25) is 0 Å². The Labute approximate surface area is 143 Å². The molecule has 2 aromatic carbocycles. The molecule has 0 aliphatic heterocycles. The van der Waals surface area contributed by atoms with Crippen LogP contribution in [0.25, 0.3) is 11.1 Å². The first-order valence-corrected chi connectivity index (χ1v) is 8.71. The van der Waals surface area contributed by atoms with Gasteiger partial charge in [-0.25, -0.2) is 0 Å². The lowest BCUT2D eigenvalue weighted by molar-refractivity contribution is -0.118. The molecule has 4 rings (SSSR count). The van der Waals surface area contributed by atoms with Crippen LogP contribution >= 0.6 is 0 Å². The smallest absolute Gasteiger partial charge is 0.159 e. The highest BCUT2D eigenvalue weighted by molar-refractivity contribution is 6.04. The van der Waals surface area contributed by atoms with E-state index in [1.165, 1.54) is 33.4 Å². The van der Waals surface area contributed by atoms with E-state index in [0.717, 1.165) is 12.8 Å². The van der Waals surface area contributed by atoms with Gasteiger partial charge in [-0.15, -0.1) is 0 Å². The Hall–Kier alpha value is -2.41. The summed E-state index contributed by atoms with van der Waals surface area (Å²) in [5, 5.41) is 0. The molecule has 2 aliphatic rings. The number of aryl methyl sites for hydroxylation is 2. The van der Waals surface area contributed by atoms with Crippen molar-refractivity contribution < 1.29 is 4.79 Å². The summed E-state index contributed by atoms with van der Waals surface area (Å²) in [6.07, 6.45) is 6.02. The topological polar surface area (TPSA) is 17.1 Å². The molecule has 2 bridgehead atoms. The lowest BCUT2D eigenvalue weighted by Crippen LogP contribution is -2.27. The second-order valence-corrected chi connectivity index (χ2v) is 7.11. The molecule has 0 spiro atoms. The van der Waals surface area contributed by atoms with E-state index in [1.54, 1.807) is 0 Å². The molecule has 2 unspecified atom stereocenters. The zero-order valence-corrected chi connectivity index (χ0v) is 14.3. The predicted molar refractivity (Wildman–Crippen MR) is 99.5 cm³/mol. The molecule has 0 amide bonds. The van der Waals surface area contributed by atoms with Gasteiger partial charge in [-0.05, 0) is 55.0 Å². The van der Waals surface area contributed by atoms with E-state index in [9.17, 15) is 4.79 Å². The third-order valence-corrected chi connectivity index (χ3v) is 5.36. The van der Waals surface area contributed by atoms with E-state index in [4.69, 9.17) is 0 Å². The molecule has 0 radical (unpaired) electrons. The van der Waals surface area contributed by atoms with Crippen LogP contribution < -0.4 is 0 Å². The van der Waals surface area contributed by atoms with Crippen molar-refractivity contribution >= 4 is 16.9 Å². The van der Waals surface area contributed by atoms with Crippen molar-refractivity contribution in [3.63, 3.8) is 0 Å². The van der Waals surface area contributed by atoms with Crippen molar-refractivity contribution in [1.29, 1.82) is 0 Å². The molecule has 0 saturated heterocycles. The first-order chi connectivity index (χ1) is 11.6. The van der Waals surface area contributed by atoms with Crippen LogP contribution in [0.5, 0.6) is 0 Å². The molecular formula is C23H22O. The number of fused-ring (bicyclic) bond motifs is 2. The molecule has 0 saturated carbocycles. The minimum Gasteiger partial charge on any atom is -0.295 e. The van der Waals surface area contributed by atoms with E-state index >= 15 is 0 Å². The SMILES string of the molecule is Cc1ccc(C2=CCC3CC2C(c2ccc(C)cc2)=CC3=O)cc1. The molecule has 1 heteroatoms. The summed E-state index contributed by atoms with van der Waals surface area (Å²) in [6, 6.07) is 17.3. The molecule has 2 atom stereocenters. The number of hydrogen-bond acceptors (Lipinski definition) is 1. The van der Waals surface area contributed by atoms with Gasteiger partial charge in [0.05, 0.1) is 0 Å². The summed E-state index contributed by atoms with van der Waals surface area (Å²) in [4.78, 5) is 12.4. The highest BCUT2D eigenvalue weighted by Gasteiger charge is 2.35. The van der Waals surface area contributed by atoms with E-state index in [1.807, 2.05) is 6.08 Å². The Morgan fingerprint density at radius 2 is 1.33 bits per heavy atom. The highest BCUT2D eigenvalue weighted by Crippen LogP contribution is 2.46. The fourth-order valence-electron chi connectivity index (χ4n) is 3.91. The van der Waals surface area contributed by atoms with Crippen molar-refractivity contribution in [1.82, 2.24) is 0 Å². The van der Waals surface area contributed by atoms with Gasteiger partial charge in [-0.3, -0.25) is 4.79 Å². The Kier molecular flexibility index (Phi) is 3.72. The summed E-state index contributed by atoms with van der Waals surface area (Å²) in [7, 11) is 0. The van der Waals surface area contributed by atoms with Gasteiger partial charge in [0.1, 0.15) is 0 Å². The van der Waals surface area contributed by atoms with Crippen LogP contribution in [0.15, 0.2) is 60.7 Å². The van der Waals surface area contributed by atoms with E-state index in [0.29, 0.717) is 11.7 Å². The van der Waals surface area contributed by atoms with Crippen molar-refractivity contribution in [2.45, 2.75) is 26.7 Å². The van der Waals surface area contributed by atoms with Crippen LogP contribution in [0.1, 0.15) is 35.1 Å². The number of carbonyl (C=O) groups excluding carboxylic acids is 1. The maximum absolute atomic E-state index is 12.4. The normalized spacial score (nSPS) is 22.8. The second-order valence-electron chi connectivity index (χ2n) is 7.11. The standard InChI is InChI=1S/C23H22O/c1-15-3-7-17(8-4-15)20-12-11-19-13-22(20)21(14-23(19)24)18-9-5-16(2)6-10-18/h3-10,12,14,19,22H,11,13H2,1-2H3. The molecule has 2 aliphatic carbocycles. The average Bonchev–Trinajstić information content (AvgIpc) is 2.60. The van der Waals surface area contributed by atoms with E-state index in [2.05, 4.69) is 68.5 Å². The average molecular weight is 314 g/mol. The molecule has 0 aromatic heterocycles. The Balaban J connectivity index is 1.78. The quantitative estimate of drug-likeness (QED) is 0.727. The Morgan fingerprint density at radius 3 is 1.92 bits per heavy atom. The number of benzene rings is 2. The maximum atomic E-state index is 12.4. The molecule has 2 aromatic rings. The van der Waals surface area contributed by atoms with Crippen LogP contribution in [0.4, 0.5) is 0 Å². The van der Waals surface area contributed by atoms with Crippen molar-refractivity contribution in [3.05, 3.63) is 82.9 Å². The Bertz CT molecular complexity index is 835. The number of hydrogen-bond donors (Lipinski definition) is 0. The summed E-state index contributed by atoms with van der Waals surface area (Å²) < 4.78 is 0. The lowest BCUT2D eigenvalue weighted by Gasteiger charge is -2.35. The fraction of sp³-hybridized carbons (Fsp3) is 0.261. The zero-order valence-electron chi connectivity index (χ0n) is 14.3. The molecule has 0 N–H and O–H groups in total. The third-order valence-electron chi connectivity index (χ3n) is 5.36. The number of allylic oxidation sites excluding steroid dienone is 4. The molecule has 24 heavy (non-hydrogen) atoms. The first-order valence-electron chi connectivity index (χ1n) is 8.71. The summed E-state index contributed by atoms with van der Waals surface area (Å²) in [6.45, 7) is 4.21. The largest absolute Gasteiger partial charge is 0.295 e. The van der Waals surface area contributed by atoms with Crippen LogP contribution in [0.2, 0.25) is 0 Å². The molecule has 1 nitrogen and oxygen atoms in total. The van der Waals surface area contributed by atoms with Gasteiger partial charge in [0, 0.05) is 11.8 Å². The summed E-state index contributed by atoms with van der Waals surface area (Å²) in [5.74, 6) is 0.784. The summed E-state index contributed by atoms with van der Waals surface area (Å²) >= 11 is 0. The highest BCUT2D eigenvalue weighted by atomic mass is 16.1. The van der Waals surface area contributed by atoms with Crippen molar-refractivity contribution in [2.24, 2.45) is 11.8 Å². The number of ketones is 1. The molecule has 120 valence electrons. The monoisotopic (exact) mass is 314 g/mol. The first kappa shape index (κ1) is 15.1. The fourth-order valence-corrected chi connectivity index (χ4v) is 3.91. The van der Waals surface area contributed by atoms with Crippen LogP contribution in [0.3, 0.4) is 0 Å². The van der Waals surface area contributed by atoms with Gasteiger partial charge in [-0.1, -0.05) is 65.7 Å². The van der Waals surface area contributed by atoms with E-state index < -0.39 is 0 Å². The van der Waals surface area contributed by atoms with Gasteiger partial charge < -0.3 is 0 Å². The van der Waals surface area contributed by atoms with Crippen molar-refractivity contribution in [3.8, 4) is 0 Å². The van der Waals surface area contributed by atoms with Gasteiger partial charge in [-0.2, -0.15) is 0 Å². The number of rotatable bonds is 2. The van der Waals surface area contributed by atoms with Gasteiger partial charge in [0.25, 0.3) is 0 Å². The van der Waals surface area contributed by atoms with Crippen LogP contribution in [-0.2, 0) is 4.79 Å². The molecule has 0 heterocycles. The van der Waals surface area contributed by atoms with E-state index in [-0.39, 0.29) is 5.92 Å². The zero-order chi connectivity index (χ0) is 16.7. The second kappa shape index (κ2) is 5.90. The predicted octanol–water partition coefficient (Wildman–Crippen LogP) is 5.38. The maximum Gasteiger partial charge on any atom is 0.159 e. The number of carbonyl (C=O) groups is 1. The molecular weight excluding hydrogens is 292 g/mol. The minimum atomic E-state index is 0.165. The summed E-state index contributed by atoms with van der Waals surface area (Å²) in [5.41, 5.74) is 7.56. The minimum absolute atomic E-state index is 0.165. The van der Waals surface area contributed by atoms with Crippen molar-refractivity contribution in [2.75, 3.05) is 0 Å². The van der Waals surface area contributed by atoms with Gasteiger partial charge >= 0.3 is 0 Å². The van der Waals surface area contributed by atoms with Gasteiger partial charge in [0.15, 0.2) is 5.78 Å². The van der Waals surface area contributed by atoms with Crippen LogP contribution in [-0.4, -0.2) is 5.78 Å². The molecule has 0 fully saturated rings. The third kappa shape index (κ3) is 2.65.